The van der Waals surface area contributed by atoms with Crippen LogP contribution in [0.1, 0.15) is 23.8 Å². The normalized spacial score (nSPS) is 11.8. The van der Waals surface area contributed by atoms with Gasteiger partial charge >= 0.3 is 0 Å². The predicted molar refractivity (Wildman–Crippen MR) is 98.3 cm³/mol. The summed E-state index contributed by atoms with van der Waals surface area (Å²) in [5.74, 6) is 1.67. The van der Waals surface area contributed by atoms with Crippen LogP contribution in [0.15, 0.2) is 52.2 Å². The third kappa shape index (κ3) is 3.79. The van der Waals surface area contributed by atoms with Gasteiger partial charge in [-0.15, -0.1) is 0 Å². The van der Waals surface area contributed by atoms with E-state index in [0.717, 1.165) is 31.2 Å². The maximum atomic E-state index is 5.32. The second-order valence-corrected chi connectivity index (χ2v) is 5.76. The van der Waals surface area contributed by atoms with Crippen molar-refractivity contribution < 1.29 is 4.42 Å². The molecule has 3 aromatic rings. The average Bonchev–Trinajstić information content (AvgIpc) is 3.23. The molecule has 3 rings (SSSR count). The van der Waals surface area contributed by atoms with Crippen LogP contribution in [0.4, 0.5) is 0 Å². The van der Waals surface area contributed by atoms with Crippen LogP contribution >= 0.6 is 0 Å². The molecule has 0 aliphatic heterocycles. The second kappa shape index (κ2) is 7.73. The Hall–Kier alpha value is -2.69. The maximum absolute atomic E-state index is 5.32. The van der Waals surface area contributed by atoms with Gasteiger partial charge in [-0.05, 0) is 43.5 Å². The lowest BCUT2D eigenvalue weighted by atomic mass is 10.1. The third-order valence-electron chi connectivity index (χ3n) is 4.01. The summed E-state index contributed by atoms with van der Waals surface area (Å²) in [6.45, 7) is 6.38. The molecule has 24 heavy (non-hydrogen) atoms. The number of hydrogen-bond donors (Lipinski definition) is 3. The van der Waals surface area contributed by atoms with Crippen LogP contribution < -0.4 is 10.6 Å². The summed E-state index contributed by atoms with van der Waals surface area (Å²) in [5.41, 5.74) is 3.83. The number of aromatic nitrogens is 1. The number of fused-ring (bicyclic) bond motifs is 1. The Bertz CT molecular complexity index is 802. The minimum Gasteiger partial charge on any atom is -0.467 e. The van der Waals surface area contributed by atoms with Crippen molar-refractivity contribution in [3.63, 3.8) is 0 Å². The van der Waals surface area contributed by atoms with Gasteiger partial charge in [-0.3, -0.25) is 0 Å². The first-order valence-electron chi connectivity index (χ1n) is 8.38. The van der Waals surface area contributed by atoms with Crippen LogP contribution in [0.2, 0.25) is 0 Å². The summed E-state index contributed by atoms with van der Waals surface area (Å²) >= 11 is 0. The van der Waals surface area contributed by atoms with Crippen LogP contribution in [0.3, 0.4) is 0 Å². The average molecular weight is 324 g/mol. The lowest BCUT2D eigenvalue weighted by Gasteiger charge is -2.10. The first-order chi connectivity index (χ1) is 11.8. The van der Waals surface area contributed by atoms with Gasteiger partial charge in [0.25, 0.3) is 0 Å². The van der Waals surface area contributed by atoms with E-state index in [2.05, 4.69) is 58.9 Å². The number of guanidine groups is 1. The van der Waals surface area contributed by atoms with E-state index in [9.17, 15) is 0 Å². The second-order valence-electron chi connectivity index (χ2n) is 5.76. The van der Waals surface area contributed by atoms with Crippen LogP contribution in [-0.4, -0.2) is 24.0 Å². The van der Waals surface area contributed by atoms with E-state index in [1.54, 1.807) is 6.26 Å². The number of aliphatic imine (C=N–C) groups is 1. The molecule has 0 spiro atoms. The number of hydrogen-bond acceptors (Lipinski definition) is 2. The van der Waals surface area contributed by atoms with Crippen LogP contribution in [0.25, 0.3) is 10.9 Å². The number of H-pyrrole nitrogens is 1. The Morgan fingerprint density at radius 3 is 2.92 bits per heavy atom. The number of nitrogens with one attached hydrogen (secondary N) is 3. The van der Waals surface area contributed by atoms with Gasteiger partial charge in [-0.25, -0.2) is 4.99 Å². The van der Waals surface area contributed by atoms with Gasteiger partial charge in [0, 0.05) is 30.2 Å². The molecule has 0 fully saturated rings. The number of furan rings is 1. The number of aryl methyl sites for hydroxylation is 1. The number of nitrogens with zero attached hydrogens (tertiary/aromatic N) is 1. The lowest BCUT2D eigenvalue weighted by molar-refractivity contribution is 0.512. The van der Waals surface area contributed by atoms with Gasteiger partial charge in [-0.2, -0.15) is 0 Å². The van der Waals surface area contributed by atoms with E-state index in [-0.39, 0.29) is 0 Å². The molecule has 0 bridgehead atoms. The van der Waals surface area contributed by atoms with Crippen molar-refractivity contribution in [2.45, 2.75) is 26.8 Å². The van der Waals surface area contributed by atoms with Crippen LogP contribution in [-0.2, 0) is 13.0 Å². The van der Waals surface area contributed by atoms with E-state index in [0.29, 0.717) is 6.54 Å². The molecule has 126 valence electrons. The summed E-state index contributed by atoms with van der Waals surface area (Å²) in [6.07, 6.45) is 4.71. The van der Waals surface area contributed by atoms with E-state index in [1.807, 2.05) is 12.1 Å². The van der Waals surface area contributed by atoms with Crippen molar-refractivity contribution in [1.29, 1.82) is 0 Å². The molecule has 3 N–H and O–H groups in total. The minimum atomic E-state index is 0.536. The zero-order chi connectivity index (χ0) is 16.8. The number of para-hydroxylation sites is 1. The summed E-state index contributed by atoms with van der Waals surface area (Å²) in [4.78, 5) is 7.92. The first kappa shape index (κ1) is 16.2. The fraction of sp³-hybridized carbons (Fsp3) is 0.316. The molecule has 2 heterocycles. The first-order valence-corrected chi connectivity index (χ1v) is 8.38. The minimum absolute atomic E-state index is 0.536. The SMILES string of the molecule is CCNC(=NCc1ccco1)NCCc1c[nH]c2c(C)cccc12. The van der Waals surface area contributed by atoms with Gasteiger partial charge in [0.05, 0.1) is 6.26 Å². The molecule has 0 unspecified atom stereocenters. The number of rotatable bonds is 6. The summed E-state index contributed by atoms with van der Waals surface area (Å²) in [5, 5.41) is 7.95. The maximum Gasteiger partial charge on any atom is 0.191 e. The van der Waals surface area contributed by atoms with Crippen molar-refractivity contribution >= 4 is 16.9 Å². The van der Waals surface area contributed by atoms with Gasteiger partial charge in [0.2, 0.25) is 0 Å². The molecular weight excluding hydrogens is 300 g/mol. The molecule has 2 aromatic heterocycles. The molecule has 5 nitrogen and oxygen atoms in total. The molecule has 5 heteroatoms. The molecule has 1 aromatic carbocycles. The third-order valence-corrected chi connectivity index (χ3v) is 4.01. The van der Waals surface area contributed by atoms with Crippen molar-refractivity contribution in [3.05, 3.63) is 59.7 Å². The van der Waals surface area contributed by atoms with Crippen molar-refractivity contribution in [2.24, 2.45) is 4.99 Å². The van der Waals surface area contributed by atoms with Crippen LogP contribution in [0.5, 0.6) is 0 Å². The van der Waals surface area contributed by atoms with Crippen molar-refractivity contribution in [1.82, 2.24) is 15.6 Å². The highest BCUT2D eigenvalue weighted by molar-refractivity contribution is 5.86. The lowest BCUT2D eigenvalue weighted by Crippen LogP contribution is -2.38. The van der Waals surface area contributed by atoms with E-state index in [1.165, 1.54) is 22.0 Å². The Kier molecular flexibility index (Phi) is 5.21. The molecule has 0 radical (unpaired) electrons. The van der Waals surface area contributed by atoms with E-state index < -0.39 is 0 Å². The molecular formula is C19H24N4O. The van der Waals surface area contributed by atoms with Gasteiger partial charge in [-0.1, -0.05) is 18.2 Å². The quantitative estimate of drug-likeness (QED) is 0.481. The number of aromatic amines is 1. The molecule has 0 saturated heterocycles. The molecule has 0 amide bonds. The summed E-state index contributed by atoms with van der Waals surface area (Å²) in [6, 6.07) is 10.2. The summed E-state index contributed by atoms with van der Waals surface area (Å²) < 4.78 is 5.32. The van der Waals surface area contributed by atoms with E-state index in [4.69, 9.17) is 4.42 Å². The Morgan fingerprint density at radius 2 is 2.12 bits per heavy atom. The van der Waals surface area contributed by atoms with Gasteiger partial charge in [0.15, 0.2) is 5.96 Å². The standard InChI is InChI=1S/C19H24N4O/c1-3-20-19(23-13-16-7-5-11-24-16)21-10-9-15-12-22-18-14(2)6-4-8-17(15)18/h4-8,11-12,22H,3,9-10,13H2,1-2H3,(H2,20,21,23). The topological polar surface area (TPSA) is 65.3 Å². The molecule has 0 aliphatic carbocycles. The molecule has 0 saturated carbocycles. The molecule has 0 aliphatic rings. The summed E-state index contributed by atoms with van der Waals surface area (Å²) in [7, 11) is 0. The molecule has 0 atom stereocenters. The highest BCUT2D eigenvalue weighted by atomic mass is 16.3. The fourth-order valence-corrected chi connectivity index (χ4v) is 2.79. The van der Waals surface area contributed by atoms with E-state index >= 15 is 0 Å². The zero-order valence-corrected chi connectivity index (χ0v) is 14.2. The van der Waals surface area contributed by atoms with Crippen molar-refractivity contribution in [2.75, 3.05) is 13.1 Å². The van der Waals surface area contributed by atoms with Gasteiger partial charge < -0.3 is 20.0 Å². The van der Waals surface area contributed by atoms with Gasteiger partial charge in [0.1, 0.15) is 12.3 Å². The zero-order valence-electron chi connectivity index (χ0n) is 14.2. The Morgan fingerprint density at radius 1 is 1.21 bits per heavy atom. The smallest absolute Gasteiger partial charge is 0.191 e. The number of benzene rings is 1. The highest BCUT2D eigenvalue weighted by Gasteiger charge is 2.05. The largest absolute Gasteiger partial charge is 0.467 e. The predicted octanol–water partition coefficient (Wildman–Crippen LogP) is 3.37. The Labute approximate surface area is 142 Å². The van der Waals surface area contributed by atoms with Crippen LogP contribution in [0, 0.1) is 6.92 Å². The monoisotopic (exact) mass is 324 g/mol. The highest BCUT2D eigenvalue weighted by Crippen LogP contribution is 2.21. The van der Waals surface area contributed by atoms with Crippen molar-refractivity contribution in [3.8, 4) is 0 Å². The Balaban J connectivity index is 1.60. The fourth-order valence-electron chi connectivity index (χ4n) is 2.79.